The van der Waals surface area contributed by atoms with Crippen LogP contribution in [-0.2, 0) is 0 Å². The van der Waals surface area contributed by atoms with E-state index < -0.39 is 0 Å². The molecular weight excluding hydrogens is 723 g/mol. The highest BCUT2D eigenvalue weighted by Crippen LogP contribution is 2.39. The molecule has 276 valence electrons. The van der Waals surface area contributed by atoms with E-state index >= 15 is 0 Å². The lowest BCUT2D eigenvalue weighted by Gasteiger charge is -2.16. The number of fused-ring (bicyclic) bond motifs is 4. The van der Waals surface area contributed by atoms with E-state index in [2.05, 4.69) is 97.1 Å². The minimum atomic E-state index is 0.545. The summed E-state index contributed by atoms with van der Waals surface area (Å²) < 4.78 is 6.30. The molecule has 0 aliphatic rings. The molecule has 11 aromatic rings. The van der Waals surface area contributed by atoms with Gasteiger partial charge in [0.05, 0.1) is 22.8 Å². The minimum absolute atomic E-state index is 0.545. The first-order valence-corrected chi connectivity index (χ1v) is 19.6. The molecule has 0 saturated carbocycles. The van der Waals surface area contributed by atoms with Crippen molar-refractivity contribution in [3.63, 3.8) is 0 Å². The summed E-state index contributed by atoms with van der Waals surface area (Å²) in [5.41, 5.74) is 11.2. The molecule has 0 bridgehead atoms. The van der Waals surface area contributed by atoms with Gasteiger partial charge in [-0.2, -0.15) is 0 Å². The maximum Gasteiger partial charge on any atom is 0.164 e. The fourth-order valence-corrected chi connectivity index (χ4v) is 7.79. The third-order valence-electron chi connectivity index (χ3n) is 10.7. The van der Waals surface area contributed by atoms with Gasteiger partial charge in [-0.05, 0) is 41.1 Å². The number of hydrogen-bond acceptors (Lipinski definition) is 6. The van der Waals surface area contributed by atoms with Gasteiger partial charge in [0.2, 0.25) is 0 Å². The number of nitrogens with zero attached hydrogens (tertiary/aromatic N) is 5. The number of furan rings is 1. The molecule has 3 aromatic heterocycles. The average molecular weight is 756 g/mol. The summed E-state index contributed by atoms with van der Waals surface area (Å²) in [6.07, 6.45) is 0. The quantitative estimate of drug-likeness (QED) is 0.161. The summed E-state index contributed by atoms with van der Waals surface area (Å²) in [7, 11) is 0. The lowest BCUT2D eigenvalue weighted by atomic mass is 9.98. The molecule has 59 heavy (non-hydrogen) atoms. The Morgan fingerprint density at radius 3 is 1.32 bits per heavy atom. The summed E-state index contributed by atoms with van der Waals surface area (Å²) in [5.74, 6) is 1.67. The van der Waals surface area contributed by atoms with Crippen LogP contribution >= 0.6 is 0 Å². The van der Waals surface area contributed by atoms with Crippen molar-refractivity contribution in [2.75, 3.05) is 0 Å². The molecule has 0 radical (unpaired) electrons. The monoisotopic (exact) mass is 755 g/mol. The van der Waals surface area contributed by atoms with E-state index in [4.69, 9.17) is 29.3 Å². The zero-order chi connectivity index (χ0) is 39.1. The van der Waals surface area contributed by atoms with Crippen molar-refractivity contribution >= 4 is 32.7 Å². The largest absolute Gasteiger partial charge is 0.456 e. The number of benzene rings is 8. The molecule has 0 unspecified atom stereocenters. The Kier molecular flexibility index (Phi) is 8.37. The summed E-state index contributed by atoms with van der Waals surface area (Å²) >= 11 is 0. The zero-order valence-electron chi connectivity index (χ0n) is 31.7. The second kappa shape index (κ2) is 14.4. The van der Waals surface area contributed by atoms with Crippen molar-refractivity contribution in [3.05, 3.63) is 200 Å². The first-order chi connectivity index (χ1) is 29.2. The van der Waals surface area contributed by atoms with Gasteiger partial charge in [-0.1, -0.05) is 170 Å². The minimum Gasteiger partial charge on any atom is -0.456 e. The van der Waals surface area contributed by atoms with Gasteiger partial charge >= 0.3 is 0 Å². The second-order valence-electron chi connectivity index (χ2n) is 14.5. The molecule has 3 heterocycles. The maximum absolute atomic E-state index is 6.30. The van der Waals surface area contributed by atoms with Crippen molar-refractivity contribution in [1.82, 2.24) is 24.9 Å². The van der Waals surface area contributed by atoms with Crippen molar-refractivity contribution in [2.24, 2.45) is 0 Å². The third-order valence-corrected chi connectivity index (χ3v) is 10.7. The summed E-state index contributed by atoms with van der Waals surface area (Å²) in [4.78, 5) is 26.3. The summed E-state index contributed by atoms with van der Waals surface area (Å²) in [5, 5.41) is 4.38. The number of para-hydroxylation sites is 1. The van der Waals surface area contributed by atoms with Gasteiger partial charge in [-0.15, -0.1) is 0 Å². The van der Waals surface area contributed by atoms with Crippen LogP contribution in [0.4, 0.5) is 0 Å². The molecule has 0 aliphatic carbocycles. The van der Waals surface area contributed by atoms with E-state index in [1.54, 1.807) is 0 Å². The van der Waals surface area contributed by atoms with E-state index in [1.807, 2.05) is 103 Å². The van der Waals surface area contributed by atoms with Gasteiger partial charge in [-0.25, -0.2) is 24.9 Å². The van der Waals surface area contributed by atoms with Gasteiger partial charge < -0.3 is 4.42 Å². The smallest absolute Gasteiger partial charge is 0.164 e. The van der Waals surface area contributed by atoms with E-state index in [0.29, 0.717) is 17.5 Å². The standard InChI is InChI=1S/C53H33N5O/c1-4-16-35(17-5-1)47-48(36-18-6-2-7-19-36)55-50(49(54-47)37-20-8-3-9-21-37)39-23-14-24-40(32-39)51-56-52(41-28-27-34-15-10-11-22-38(34)31-41)58-53(57-51)42-29-30-44-43-25-12-13-26-45(43)59-46(44)33-42/h1-33H. The lowest BCUT2D eigenvalue weighted by Crippen LogP contribution is -2.02. The molecule has 0 amide bonds. The predicted octanol–water partition coefficient (Wildman–Crippen LogP) is 13.4. The van der Waals surface area contributed by atoms with Gasteiger partial charge in [0.15, 0.2) is 17.5 Å². The lowest BCUT2D eigenvalue weighted by molar-refractivity contribution is 0.669. The molecule has 0 spiro atoms. The zero-order valence-corrected chi connectivity index (χ0v) is 31.7. The number of rotatable bonds is 7. The SMILES string of the molecule is c1ccc(-c2nc(-c3ccccc3)c(-c3cccc(-c4nc(-c5ccc6ccccc6c5)nc(-c5ccc6c(c5)oc5ccccc56)n4)c3)nc2-c2ccccc2)cc1. The summed E-state index contributed by atoms with van der Waals surface area (Å²) in [6, 6.07) is 68.0. The van der Waals surface area contributed by atoms with Crippen LogP contribution in [0.1, 0.15) is 0 Å². The van der Waals surface area contributed by atoms with E-state index in [9.17, 15) is 0 Å². The number of hydrogen-bond donors (Lipinski definition) is 0. The van der Waals surface area contributed by atoms with Crippen molar-refractivity contribution < 1.29 is 4.42 Å². The van der Waals surface area contributed by atoms with E-state index in [1.165, 1.54) is 0 Å². The van der Waals surface area contributed by atoms with Crippen LogP contribution in [-0.4, -0.2) is 24.9 Å². The fourth-order valence-electron chi connectivity index (χ4n) is 7.79. The Labute approximate surface area is 340 Å². The molecule has 0 N–H and O–H groups in total. The Balaban J connectivity index is 1.11. The van der Waals surface area contributed by atoms with Gasteiger partial charge in [-0.3, -0.25) is 0 Å². The van der Waals surface area contributed by atoms with E-state index in [0.717, 1.165) is 94.4 Å². The number of aromatic nitrogens is 5. The Bertz CT molecular complexity index is 3330. The molecular formula is C53H33N5O. The van der Waals surface area contributed by atoms with Crippen LogP contribution in [0.3, 0.4) is 0 Å². The van der Waals surface area contributed by atoms with Crippen LogP contribution in [0.15, 0.2) is 205 Å². The van der Waals surface area contributed by atoms with Gasteiger partial charge in [0.25, 0.3) is 0 Å². The van der Waals surface area contributed by atoms with Crippen LogP contribution in [0.5, 0.6) is 0 Å². The molecule has 0 fully saturated rings. The van der Waals surface area contributed by atoms with Crippen LogP contribution in [0, 0.1) is 0 Å². The highest BCUT2D eigenvalue weighted by molar-refractivity contribution is 6.05. The molecule has 0 atom stereocenters. The Morgan fingerprint density at radius 1 is 0.254 bits per heavy atom. The van der Waals surface area contributed by atoms with Crippen molar-refractivity contribution in [2.45, 2.75) is 0 Å². The molecule has 6 heteroatoms. The molecule has 8 aromatic carbocycles. The molecule has 0 saturated heterocycles. The van der Waals surface area contributed by atoms with Crippen LogP contribution in [0.2, 0.25) is 0 Å². The third kappa shape index (κ3) is 6.39. The molecule has 6 nitrogen and oxygen atoms in total. The molecule has 0 aliphatic heterocycles. The first-order valence-electron chi connectivity index (χ1n) is 19.6. The van der Waals surface area contributed by atoms with E-state index in [-0.39, 0.29) is 0 Å². The topological polar surface area (TPSA) is 77.6 Å². The van der Waals surface area contributed by atoms with Crippen molar-refractivity contribution in [1.29, 1.82) is 0 Å². The first kappa shape index (κ1) is 34.2. The predicted molar refractivity (Wildman–Crippen MR) is 238 cm³/mol. The Hall–Kier alpha value is -8.09. The highest BCUT2D eigenvalue weighted by atomic mass is 16.3. The Morgan fingerprint density at radius 2 is 0.695 bits per heavy atom. The van der Waals surface area contributed by atoms with Crippen LogP contribution in [0.25, 0.3) is 112 Å². The van der Waals surface area contributed by atoms with Gasteiger partial charge in [0.1, 0.15) is 11.2 Å². The normalized spacial score (nSPS) is 11.4. The van der Waals surface area contributed by atoms with Crippen molar-refractivity contribution in [3.8, 4) is 79.2 Å². The maximum atomic E-state index is 6.30. The van der Waals surface area contributed by atoms with Crippen LogP contribution < -0.4 is 0 Å². The van der Waals surface area contributed by atoms with Gasteiger partial charge in [0, 0.05) is 49.7 Å². The summed E-state index contributed by atoms with van der Waals surface area (Å²) in [6.45, 7) is 0. The molecule has 11 rings (SSSR count). The average Bonchev–Trinajstić information content (AvgIpc) is 3.70. The fraction of sp³-hybridized carbons (Fsp3) is 0. The highest BCUT2D eigenvalue weighted by Gasteiger charge is 2.21. The second-order valence-corrected chi connectivity index (χ2v) is 14.5.